The summed E-state index contributed by atoms with van der Waals surface area (Å²) < 4.78 is 86.5. The summed E-state index contributed by atoms with van der Waals surface area (Å²) in [5.41, 5.74) is -0.0468. The minimum atomic E-state index is -2.34. The van der Waals surface area contributed by atoms with Gasteiger partial charge >= 0.3 is 5.97 Å². The van der Waals surface area contributed by atoms with E-state index in [-0.39, 0.29) is 29.5 Å². The normalized spacial score (nSPS) is 14.0. The Bertz CT molecular complexity index is 1580. The Morgan fingerprint density at radius 1 is 1.00 bits per heavy atom. The zero-order valence-corrected chi connectivity index (χ0v) is 23.8. The van der Waals surface area contributed by atoms with Crippen molar-refractivity contribution in [1.29, 1.82) is 0 Å². The van der Waals surface area contributed by atoms with Crippen LogP contribution >= 0.6 is 22.6 Å². The summed E-state index contributed by atoms with van der Waals surface area (Å²) in [5, 5.41) is 3.88. The van der Waals surface area contributed by atoms with Gasteiger partial charge in [-0.15, -0.1) is 0 Å². The number of anilines is 1. The molecule has 0 aromatic heterocycles. The van der Waals surface area contributed by atoms with Gasteiger partial charge < -0.3 is 14.2 Å². The number of carbonyl (C=O) groups is 2. The van der Waals surface area contributed by atoms with Gasteiger partial charge in [-0.2, -0.15) is 10.1 Å². The molecule has 0 N–H and O–H groups in total. The second kappa shape index (κ2) is 12.2. The van der Waals surface area contributed by atoms with Crippen molar-refractivity contribution in [2.45, 2.75) is 20.5 Å². The Morgan fingerprint density at radius 3 is 2.20 bits per heavy atom. The maximum Gasteiger partial charge on any atom is 0.338 e. The fraction of sp³-hybridized carbons (Fsp3) is 0.179. The van der Waals surface area contributed by atoms with E-state index in [4.69, 9.17) is 14.2 Å². The van der Waals surface area contributed by atoms with Crippen LogP contribution in [0.15, 0.2) is 47.1 Å². The van der Waals surface area contributed by atoms with E-state index in [1.165, 1.54) is 26.2 Å². The summed E-state index contributed by atoms with van der Waals surface area (Å²) in [5.74, 6) is -11.9. The molecule has 0 spiro atoms. The molecule has 41 heavy (non-hydrogen) atoms. The third kappa shape index (κ3) is 5.89. The lowest BCUT2D eigenvalue weighted by Crippen LogP contribution is -2.25. The number of hydrogen-bond acceptors (Lipinski definition) is 6. The van der Waals surface area contributed by atoms with Crippen LogP contribution in [0.3, 0.4) is 0 Å². The topological polar surface area (TPSA) is 77.4 Å². The summed E-state index contributed by atoms with van der Waals surface area (Å²) in [6, 6.07) is 9.84. The number of amides is 1. The lowest BCUT2D eigenvalue weighted by molar-refractivity contribution is -0.114. The first kappa shape index (κ1) is 30.0. The van der Waals surface area contributed by atoms with Crippen molar-refractivity contribution in [3.8, 4) is 11.5 Å². The van der Waals surface area contributed by atoms with E-state index in [0.717, 1.165) is 5.56 Å². The fourth-order valence-corrected chi connectivity index (χ4v) is 4.63. The number of halogens is 6. The number of nitrogens with zero attached hydrogens (tertiary/aromatic N) is 2. The summed E-state index contributed by atoms with van der Waals surface area (Å²) in [6.07, 6.45) is 1.34. The standard InChI is InChI=1S/C28H20F5IN2O5/c1-4-40-28(38)16-7-5-14(6-8-16)12-41-26-18(34)10-15(11-19(26)39-3)9-17-13(2)35-36(27(17)37)25-23(32)21(30)20(29)22(31)24(25)33/h5-11H,4,12H2,1-3H3/b17-9-. The number of benzene rings is 3. The molecule has 0 saturated carbocycles. The molecule has 0 atom stereocenters. The molecule has 0 bridgehead atoms. The van der Waals surface area contributed by atoms with Gasteiger partial charge in [0.05, 0.1) is 34.1 Å². The van der Waals surface area contributed by atoms with Gasteiger partial charge in [0, 0.05) is 0 Å². The van der Waals surface area contributed by atoms with Crippen LogP contribution in [0.4, 0.5) is 27.6 Å². The molecule has 7 nitrogen and oxygen atoms in total. The lowest BCUT2D eigenvalue weighted by Gasteiger charge is -2.15. The van der Waals surface area contributed by atoms with Gasteiger partial charge in [-0.3, -0.25) is 4.79 Å². The zero-order chi connectivity index (χ0) is 30.0. The van der Waals surface area contributed by atoms with E-state index in [1.807, 2.05) is 22.6 Å². The largest absolute Gasteiger partial charge is 0.493 e. The van der Waals surface area contributed by atoms with Crippen molar-refractivity contribution in [2.75, 3.05) is 18.7 Å². The summed E-state index contributed by atoms with van der Waals surface area (Å²) in [7, 11) is 1.40. The highest BCUT2D eigenvalue weighted by Crippen LogP contribution is 2.37. The third-order valence-corrected chi connectivity index (χ3v) is 6.67. The molecule has 4 rings (SSSR count). The Hall–Kier alpha value is -4.01. The summed E-state index contributed by atoms with van der Waals surface area (Å²) in [4.78, 5) is 24.8. The Balaban J connectivity index is 1.58. The van der Waals surface area contributed by atoms with E-state index in [1.54, 1.807) is 37.3 Å². The predicted octanol–water partition coefficient (Wildman–Crippen LogP) is 6.56. The number of rotatable bonds is 8. The molecule has 1 amide bonds. The van der Waals surface area contributed by atoms with E-state index in [0.29, 0.717) is 26.2 Å². The van der Waals surface area contributed by atoms with Gasteiger partial charge in [0.1, 0.15) is 12.3 Å². The van der Waals surface area contributed by atoms with Crippen LogP contribution in [0.25, 0.3) is 6.08 Å². The van der Waals surface area contributed by atoms with E-state index in [2.05, 4.69) is 5.10 Å². The first-order valence-electron chi connectivity index (χ1n) is 11.9. The number of ether oxygens (including phenoxy) is 3. The van der Waals surface area contributed by atoms with Gasteiger partial charge in [-0.25, -0.2) is 26.7 Å². The Morgan fingerprint density at radius 2 is 1.61 bits per heavy atom. The molecule has 1 heterocycles. The monoisotopic (exact) mass is 686 g/mol. The molecule has 0 fully saturated rings. The van der Waals surface area contributed by atoms with E-state index >= 15 is 0 Å². The Kier molecular flexibility index (Phi) is 8.95. The first-order chi connectivity index (χ1) is 19.5. The lowest BCUT2D eigenvalue weighted by atomic mass is 10.1. The second-order valence-electron chi connectivity index (χ2n) is 8.52. The van der Waals surface area contributed by atoms with E-state index < -0.39 is 46.6 Å². The van der Waals surface area contributed by atoms with Gasteiger partial charge in [0.15, 0.2) is 34.8 Å². The number of hydrogen-bond donors (Lipinski definition) is 0. The van der Waals surface area contributed by atoms with Crippen LogP contribution in [0.2, 0.25) is 0 Å². The first-order valence-corrected chi connectivity index (χ1v) is 13.0. The number of carbonyl (C=O) groups excluding carboxylic acids is 2. The van der Waals surface area contributed by atoms with Crippen molar-refractivity contribution < 1.29 is 45.8 Å². The fourth-order valence-electron chi connectivity index (χ4n) is 3.85. The number of esters is 1. The average molecular weight is 686 g/mol. The van der Waals surface area contributed by atoms with Crippen molar-refractivity contribution in [1.82, 2.24) is 0 Å². The summed E-state index contributed by atoms with van der Waals surface area (Å²) >= 11 is 1.99. The minimum Gasteiger partial charge on any atom is -0.493 e. The zero-order valence-electron chi connectivity index (χ0n) is 21.7. The SMILES string of the molecule is CCOC(=O)c1ccc(COc2c(I)cc(/C=C3\C(=O)N(c4c(F)c(F)c(F)c(F)c4F)N=C3C)cc2OC)cc1. The molecule has 3 aromatic carbocycles. The third-order valence-electron chi connectivity index (χ3n) is 5.87. The van der Waals surface area contributed by atoms with Gasteiger partial charge in [-0.05, 0) is 77.9 Å². The molecule has 0 unspecified atom stereocenters. The summed E-state index contributed by atoms with van der Waals surface area (Å²) in [6.45, 7) is 3.46. The van der Waals surface area contributed by atoms with E-state index in [9.17, 15) is 31.5 Å². The highest BCUT2D eigenvalue weighted by atomic mass is 127. The van der Waals surface area contributed by atoms with Crippen LogP contribution in [0.1, 0.15) is 35.3 Å². The molecular weight excluding hydrogens is 666 g/mol. The van der Waals surface area contributed by atoms with Crippen LogP contribution < -0.4 is 14.5 Å². The number of hydrazone groups is 1. The molecule has 0 radical (unpaired) electrons. The molecular formula is C28H20F5IN2O5. The van der Waals surface area contributed by atoms with Crippen LogP contribution in [0.5, 0.6) is 11.5 Å². The van der Waals surface area contributed by atoms with Crippen molar-refractivity contribution in [3.05, 3.63) is 91.3 Å². The molecule has 3 aromatic rings. The van der Waals surface area contributed by atoms with Crippen molar-refractivity contribution in [2.24, 2.45) is 5.10 Å². The van der Waals surface area contributed by atoms with Gasteiger partial charge in [0.25, 0.3) is 5.91 Å². The second-order valence-corrected chi connectivity index (χ2v) is 9.68. The smallest absolute Gasteiger partial charge is 0.338 e. The van der Waals surface area contributed by atoms with Gasteiger partial charge in [0.2, 0.25) is 5.82 Å². The highest BCUT2D eigenvalue weighted by Gasteiger charge is 2.37. The molecule has 0 saturated heterocycles. The Labute approximate surface area is 244 Å². The number of methoxy groups -OCH3 is 1. The minimum absolute atomic E-state index is 0.0143. The average Bonchev–Trinajstić information content (AvgIpc) is 3.22. The molecule has 0 aliphatic carbocycles. The van der Waals surface area contributed by atoms with Crippen molar-refractivity contribution in [3.63, 3.8) is 0 Å². The highest BCUT2D eigenvalue weighted by molar-refractivity contribution is 14.1. The quantitative estimate of drug-likeness (QED) is 0.0671. The maximum absolute atomic E-state index is 14.3. The molecule has 1 aliphatic rings. The molecule has 214 valence electrons. The van der Waals surface area contributed by atoms with Crippen LogP contribution in [-0.4, -0.2) is 31.3 Å². The van der Waals surface area contributed by atoms with Crippen LogP contribution in [0, 0.1) is 32.7 Å². The molecule has 1 aliphatic heterocycles. The molecule has 13 heteroatoms. The predicted molar refractivity (Wildman–Crippen MR) is 147 cm³/mol. The maximum atomic E-state index is 14.3. The van der Waals surface area contributed by atoms with Gasteiger partial charge in [-0.1, -0.05) is 12.1 Å². The van der Waals surface area contributed by atoms with Crippen LogP contribution in [-0.2, 0) is 16.1 Å². The van der Waals surface area contributed by atoms with Crippen molar-refractivity contribution >= 4 is 51.9 Å².